The lowest BCUT2D eigenvalue weighted by Gasteiger charge is -1.97. The normalized spacial score (nSPS) is 9.90. The molecule has 0 aromatic carbocycles. The lowest BCUT2D eigenvalue weighted by atomic mass is 10.2. The topological polar surface area (TPSA) is 32.9 Å². The van der Waals surface area contributed by atoms with Crippen molar-refractivity contribution in [3.8, 4) is 0 Å². The summed E-state index contributed by atoms with van der Waals surface area (Å²) in [5.74, 6) is 0. The summed E-state index contributed by atoms with van der Waals surface area (Å²) in [5.41, 5.74) is 1.54. The predicted octanol–water partition coefficient (Wildman–Crippen LogP) is 1.65. The zero-order chi connectivity index (χ0) is 7.72. The van der Waals surface area contributed by atoms with Crippen LogP contribution in [0.2, 0.25) is 5.15 Å². The maximum Gasteiger partial charge on any atom is 0.186 e. The molecule has 10 heavy (non-hydrogen) atoms. The number of pyridine rings is 1. The van der Waals surface area contributed by atoms with Gasteiger partial charge in [-0.15, -0.1) is 0 Å². The molecule has 0 aliphatic heterocycles. The number of rotatable bonds is 0. The van der Waals surface area contributed by atoms with Crippen molar-refractivity contribution in [2.75, 3.05) is 0 Å². The van der Waals surface area contributed by atoms with Gasteiger partial charge in [-0.05, 0) is 13.8 Å². The third-order valence-corrected chi connectivity index (χ3v) is 1.70. The third-order valence-electron chi connectivity index (χ3n) is 1.50. The lowest BCUT2D eigenvalue weighted by molar-refractivity contribution is 1.13. The standard InChI is InChI=1S/C7H8ClNO/c1-4-5(2)9-7(8)3-6(4)10/h3H,1-2H3,(H,9,10). The number of aryl methyl sites for hydroxylation is 1. The van der Waals surface area contributed by atoms with E-state index in [2.05, 4.69) is 4.98 Å². The van der Waals surface area contributed by atoms with E-state index >= 15 is 0 Å². The van der Waals surface area contributed by atoms with Gasteiger partial charge in [0.1, 0.15) is 5.15 Å². The zero-order valence-corrected chi connectivity index (χ0v) is 6.62. The Morgan fingerprint density at radius 2 is 2.10 bits per heavy atom. The first-order chi connectivity index (χ1) is 4.61. The Hall–Kier alpha value is -0.760. The zero-order valence-electron chi connectivity index (χ0n) is 5.86. The van der Waals surface area contributed by atoms with Crippen LogP contribution in [0.15, 0.2) is 10.9 Å². The van der Waals surface area contributed by atoms with Gasteiger partial charge in [0.15, 0.2) is 5.43 Å². The summed E-state index contributed by atoms with van der Waals surface area (Å²) in [5, 5.41) is 0.396. The van der Waals surface area contributed by atoms with Gasteiger partial charge in [-0.25, -0.2) is 0 Å². The van der Waals surface area contributed by atoms with Crippen LogP contribution in [0.4, 0.5) is 0 Å². The van der Waals surface area contributed by atoms with E-state index in [0.29, 0.717) is 5.15 Å². The fourth-order valence-corrected chi connectivity index (χ4v) is 0.958. The van der Waals surface area contributed by atoms with Crippen molar-refractivity contribution >= 4 is 11.6 Å². The van der Waals surface area contributed by atoms with Gasteiger partial charge in [0, 0.05) is 17.3 Å². The molecule has 3 heteroatoms. The highest BCUT2D eigenvalue weighted by Crippen LogP contribution is 2.03. The molecule has 0 radical (unpaired) electrons. The van der Waals surface area contributed by atoms with Gasteiger partial charge in [-0.3, -0.25) is 4.79 Å². The Morgan fingerprint density at radius 1 is 1.50 bits per heavy atom. The summed E-state index contributed by atoms with van der Waals surface area (Å²) in [7, 11) is 0. The number of aromatic nitrogens is 1. The van der Waals surface area contributed by atoms with Crippen LogP contribution < -0.4 is 5.43 Å². The molecule has 54 valence electrons. The largest absolute Gasteiger partial charge is 0.349 e. The molecule has 2 nitrogen and oxygen atoms in total. The first-order valence-electron chi connectivity index (χ1n) is 2.97. The molecule has 0 aliphatic rings. The number of halogens is 1. The van der Waals surface area contributed by atoms with Crippen LogP contribution in [0.1, 0.15) is 11.3 Å². The maximum atomic E-state index is 11.0. The Labute approximate surface area is 63.8 Å². The molecule has 1 heterocycles. The summed E-state index contributed by atoms with van der Waals surface area (Å²) in [4.78, 5) is 13.8. The number of H-pyrrole nitrogens is 1. The Balaban J connectivity index is 3.46. The second-order valence-electron chi connectivity index (χ2n) is 2.23. The molecule has 0 aliphatic carbocycles. The molecule has 0 spiro atoms. The minimum absolute atomic E-state index is 0.0127. The fraction of sp³-hybridized carbons (Fsp3) is 0.286. The van der Waals surface area contributed by atoms with Gasteiger partial charge >= 0.3 is 0 Å². The Bertz CT molecular complexity index is 303. The van der Waals surface area contributed by atoms with E-state index in [1.165, 1.54) is 6.07 Å². The molecule has 0 atom stereocenters. The maximum absolute atomic E-state index is 11.0. The van der Waals surface area contributed by atoms with Crippen LogP contribution in [-0.2, 0) is 0 Å². The molecular weight excluding hydrogens is 150 g/mol. The van der Waals surface area contributed by atoms with Crippen LogP contribution in [0, 0.1) is 13.8 Å². The SMILES string of the molecule is Cc1[nH]c(Cl)cc(=O)c1C. The van der Waals surface area contributed by atoms with Gasteiger partial charge < -0.3 is 4.98 Å². The smallest absolute Gasteiger partial charge is 0.186 e. The molecule has 0 bridgehead atoms. The number of hydrogen-bond donors (Lipinski definition) is 1. The van der Waals surface area contributed by atoms with E-state index in [-0.39, 0.29) is 5.43 Å². The summed E-state index contributed by atoms with van der Waals surface area (Å²) >= 11 is 5.57. The summed E-state index contributed by atoms with van der Waals surface area (Å²) in [6, 6.07) is 1.38. The van der Waals surface area contributed by atoms with Crippen LogP contribution in [-0.4, -0.2) is 4.98 Å². The minimum Gasteiger partial charge on any atom is -0.349 e. The van der Waals surface area contributed by atoms with Crippen LogP contribution in [0.5, 0.6) is 0 Å². The van der Waals surface area contributed by atoms with E-state index in [4.69, 9.17) is 11.6 Å². The summed E-state index contributed by atoms with van der Waals surface area (Å²) in [6.07, 6.45) is 0. The van der Waals surface area contributed by atoms with Crippen molar-refractivity contribution in [3.05, 3.63) is 32.7 Å². The minimum atomic E-state index is -0.0127. The molecule has 1 rings (SSSR count). The van der Waals surface area contributed by atoms with E-state index in [1.807, 2.05) is 6.92 Å². The summed E-state index contributed by atoms with van der Waals surface area (Å²) in [6.45, 7) is 3.59. The first-order valence-corrected chi connectivity index (χ1v) is 3.35. The number of hydrogen-bond acceptors (Lipinski definition) is 1. The molecule has 0 fully saturated rings. The molecule has 0 amide bonds. The quantitative estimate of drug-likeness (QED) is 0.571. The molecule has 0 saturated heterocycles. The highest BCUT2D eigenvalue weighted by atomic mass is 35.5. The summed E-state index contributed by atoms with van der Waals surface area (Å²) < 4.78 is 0. The van der Waals surface area contributed by atoms with Crippen molar-refractivity contribution in [2.24, 2.45) is 0 Å². The van der Waals surface area contributed by atoms with Gasteiger partial charge in [0.2, 0.25) is 0 Å². The van der Waals surface area contributed by atoms with Crippen molar-refractivity contribution in [3.63, 3.8) is 0 Å². The molecule has 0 saturated carbocycles. The van der Waals surface area contributed by atoms with Gasteiger partial charge in [0.05, 0.1) is 0 Å². The lowest BCUT2D eigenvalue weighted by Crippen LogP contribution is -2.06. The Kier molecular flexibility index (Phi) is 1.81. The van der Waals surface area contributed by atoms with Gasteiger partial charge in [0.25, 0.3) is 0 Å². The van der Waals surface area contributed by atoms with Crippen LogP contribution in [0.3, 0.4) is 0 Å². The number of aromatic amines is 1. The fourth-order valence-electron chi connectivity index (χ4n) is 0.717. The van der Waals surface area contributed by atoms with E-state index < -0.39 is 0 Å². The van der Waals surface area contributed by atoms with Crippen molar-refractivity contribution in [1.82, 2.24) is 4.98 Å². The molecular formula is C7H8ClNO. The third kappa shape index (κ3) is 1.21. The molecule has 1 aromatic rings. The highest BCUT2D eigenvalue weighted by molar-refractivity contribution is 6.29. The molecule has 1 N–H and O–H groups in total. The average molecular weight is 158 g/mol. The van der Waals surface area contributed by atoms with Crippen molar-refractivity contribution in [2.45, 2.75) is 13.8 Å². The molecule has 0 unspecified atom stereocenters. The van der Waals surface area contributed by atoms with E-state index in [9.17, 15) is 4.79 Å². The Morgan fingerprint density at radius 3 is 2.60 bits per heavy atom. The highest BCUT2D eigenvalue weighted by Gasteiger charge is 1.97. The van der Waals surface area contributed by atoms with Crippen molar-refractivity contribution in [1.29, 1.82) is 0 Å². The number of nitrogens with one attached hydrogen (secondary N) is 1. The van der Waals surface area contributed by atoms with Gasteiger partial charge in [-0.2, -0.15) is 0 Å². The molecule has 1 aromatic heterocycles. The van der Waals surface area contributed by atoms with Crippen molar-refractivity contribution < 1.29 is 0 Å². The van der Waals surface area contributed by atoms with Crippen LogP contribution in [0.25, 0.3) is 0 Å². The first kappa shape index (κ1) is 7.35. The monoisotopic (exact) mass is 157 g/mol. The second kappa shape index (κ2) is 2.46. The van der Waals surface area contributed by atoms with E-state index in [1.54, 1.807) is 6.92 Å². The van der Waals surface area contributed by atoms with Gasteiger partial charge in [-0.1, -0.05) is 11.6 Å². The second-order valence-corrected chi connectivity index (χ2v) is 2.64. The average Bonchev–Trinajstić information content (AvgIpc) is 1.82. The van der Waals surface area contributed by atoms with Crippen LogP contribution >= 0.6 is 11.6 Å². The van der Waals surface area contributed by atoms with E-state index in [0.717, 1.165) is 11.3 Å². The predicted molar refractivity (Wildman–Crippen MR) is 41.5 cm³/mol.